The van der Waals surface area contributed by atoms with Crippen LogP contribution in [0.3, 0.4) is 0 Å². The number of hydrogen-bond acceptors (Lipinski definition) is 6. The molecule has 0 bridgehead atoms. The first-order valence-electron chi connectivity index (χ1n) is 13.6. The molecule has 4 aromatic rings. The molecule has 5 rings (SSSR count). The Morgan fingerprint density at radius 1 is 0.881 bits per heavy atom. The minimum atomic E-state index is -0.0316. The number of benzene rings is 2. The topological polar surface area (TPSA) is 69.0 Å². The van der Waals surface area contributed by atoms with Gasteiger partial charge in [0.2, 0.25) is 0 Å². The fraction of sp³-hybridized carbons (Fsp3) is 0.290. The van der Waals surface area contributed by atoms with Crippen molar-refractivity contribution >= 4 is 75.4 Å². The van der Waals surface area contributed by atoms with E-state index in [1.54, 1.807) is 24.4 Å². The first kappa shape index (κ1) is 30.8. The van der Waals surface area contributed by atoms with Crippen molar-refractivity contribution in [3.63, 3.8) is 0 Å². The van der Waals surface area contributed by atoms with E-state index in [2.05, 4.69) is 21.7 Å². The Balaban J connectivity index is 1.72. The largest absolute Gasteiger partial charge is 0.352 e. The molecule has 0 amide bonds. The summed E-state index contributed by atoms with van der Waals surface area (Å²) >= 11 is 32.1. The fourth-order valence-electron chi connectivity index (χ4n) is 5.05. The number of anilines is 2. The highest BCUT2D eigenvalue weighted by Crippen LogP contribution is 2.42. The molecule has 42 heavy (non-hydrogen) atoms. The van der Waals surface area contributed by atoms with Crippen LogP contribution in [0.1, 0.15) is 33.0 Å². The Bertz CT molecular complexity index is 1640. The van der Waals surface area contributed by atoms with E-state index in [4.69, 9.17) is 73.4 Å². The van der Waals surface area contributed by atoms with E-state index in [0.717, 1.165) is 28.9 Å². The first-order valence-corrected chi connectivity index (χ1v) is 15.5. The Hall–Kier alpha value is -2.61. The summed E-state index contributed by atoms with van der Waals surface area (Å²) in [5.41, 5.74) is 3.31. The zero-order valence-corrected chi connectivity index (χ0v) is 27.1. The predicted octanol–water partition coefficient (Wildman–Crippen LogP) is 9.60. The number of piperazine rings is 1. The van der Waals surface area contributed by atoms with Crippen LogP contribution < -0.4 is 9.80 Å². The molecule has 0 aliphatic carbocycles. The van der Waals surface area contributed by atoms with Crippen molar-refractivity contribution in [1.29, 1.82) is 5.41 Å². The smallest absolute Gasteiger partial charge is 0.176 e. The molecule has 0 spiro atoms. The molecule has 218 valence electrons. The van der Waals surface area contributed by atoms with E-state index < -0.39 is 0 Å². The quantitative estimate of drug-likeness (QED) is 0.200. The summed E-state index contributed by atoms with van der Waals surface area (Å²) in [6.45, 7) is 8.18. The molecule has 3 heterocycles. The number of nitrogens with zero attached hydrogens (tertiary/aromatic N) is 5. The van der Waals surface area contributed by atoms with Gasteiger partial charge >= 0.3 is 0 Å². The van der Waals surface area contributed by atoms with E-state index in [0.29, 0.717) is 67.8 Å². The Morgan fingerprint density at radius 3 is 2.17 bits per heavy atom. The lowest BCUT2D eigenvalue weighted by Crippen LogP contribution is -2.53. The van der Waals surface area contributed by atoms with Crippen LogP contribution in [0.5, 0.6) is 0 Å². The van der Waals surface area contributed by atoms with Crippen LogP contribution in [0.25, 0.3) is 22.4 Å². The zero-order chi connectivity index (χ0) is 30.1. The summed E-state index contributed by atoms with van der Waals surface area (Å²) in [7, 11) is 0. The number of aromatic nitrogens is 3. The van der Waals surface area contributed by atoms with Gasteiger partial charge < -0.3 is 15.2 Å². The van der Waals surface area contributed by atoms with Crippen LogP contribution in [-0.4, -0.2) is 46.3 Å². The summed E-state index contributed by atoms with van der Waals surface area (Å²) in [6, 6.07) is 14.6. The standard InChI is InChI=1S/C31H29Cl5N6/c1-4-17(2)27(37)29-39-28(20-8-10-22(33)25(36)15-20)26(19-7-9-21(32)24(35)14-19)31(40-29)42-13-12-41(16-18(42)3)30-23(34)6-5-11-38-30/h5-11,14-15,17-18,37H,4,12-13,16H2,1-3H3/t17?,18-/m1/s1. The van der Waals surface area contributed by atoms with Gasteiger partial charge in [0.15, 0.2) is 5.82 Å². The van der Waals surface area contributed by atoms with Crippen molar-refractivity contribution in [3.05, 3.63) is 85.7 Å². The van der Waals surface area contributed by atoms with E-state index in [-0.39, 0.29) is 12.0 Å². The van der Waals surface area contributed by atoms with E-state index in [1.807, 2.05) is 44.2 Å². The fourth-order valence-corrected chi connectivity index (χ4v) is 5.88. The molecule has 1 unspecified atom stereocenters. The molecule has 1 N–H and O–H groups in total. The third kappa shape index (κ3) is 6.20. The van der Waals surface area contributed by atoms with Gasteiger partial charge in [-0.3, -0.25) is 0 Å². The highest BCUT2D eigenvalue weighted by Gasteiger charge is 2.31. The maximum absolute atomic E-state index is 8.98. The Labute approximate surface area is 271 Å². The number of pyridine rings is 1. The van der Waals surface area contributed by atoms with Crippen LogP contribution in [0.15, 0.2) is 54.7 Å². The van der Waals surface area contributed by atoms with Gasteiger partial charge in [-0.1, -0.05) is 84.0 Å². The van der Waals surface area contributed by atoms with Crippen molar-refractivity contribution in [2.45, 2.75) is 33.2 Å². The Morgan fingerprint density at radius 2 is 1.55 bits per heavy atom. The highest BCUT2D eigenvalue weighted by atomic mass is 35.5. The number of halogens is 5. The first-order chi connectivity index (χ1) is 20.1. The van der Waals surface area contributed by atoms with Crippen LogP contribution in [0.2, 0.25) is 25.1 Å². The third-order valence-corrected chi connectivity index (χ3v) is 9.35. The van der Waals surface area contributed by atoms with Gasteiger partial charge in [-0.05, 0) is 55.3 Å². The van der Waals surface area contributed by atoms with Gasteiger partial charge in [-0.15, -0.1) is 0 Å². The second-order valence-corrected chi connectivity index (χ2v) is 12.4. The maximum atomic E-state index is 8.98. The molecule has 2 aromatic carbocycles. The monoisotopic (exact) mass is 660 g/mol. The zero-order valence-electron chi connectivity index (χ0n) is 23.3. The van der Waals surface area contributed by atoms with Gasteiger partial charge in [-0.25, -0.2) is 15.0 Å². The summed E-state index contributed by atoms with van der Waals surface area (Å²) < 4.78 is 0. The van der Waals surface area contributed by atoms with Crippen LogP contribution in [-0.2, 0) is 0 Å². The van der Waals surface area contributed by atoms with E-state index in [1.165, 1.54) is 0 Å². The predicted molar refractivity (Wildman–Crippen MR) is 177 cm³/mol. The van der Waals surface area contributed by atoms with Gasteiger partial charge in [-0.2, -0.15) is 0 Å². The second-order valence-electron chi connectivity index (χ2n) is 10.4. The summed E-state index contributed by atoms with van der Waals surface area (Å²) in [4.78, 5) is 19.0. The number of hydrogen-bond donors (Lipinski definition) is 1. The van der Waals surface area contributed by atoms with Crippen LogP contribution in [0.4, 0.5) is 11.6 Å². The van der Waals surface area contributed by atoms with E-state index in [9.17, 15) is 0 Å². The number of rotatable bonds is 7. The molecule has 0 saturated carbocycles. The van der Waals surface area contributed by atoms with Crippen molar-refractivity contribution in [1.82, 2.24) is 15.0 Å². The summed E-state index contributed by atoms with van der Waals surface area (Å²) in [5, 5.41) is 11.3. The number of nitrogens with one attached hydrogen (secondary N) is 1. The van der Waals surface area contributed by atoms with Crippen molar-refractivity contribution in [3.8, 4) is 22.4 Å². The minimum absolute atomic E-state index is 0.0144. The lowest BCUT2D eigenvalue weighted by Gasteiger charge is -2.42. The van der Waals surface area contributed by atoms with E-state index >= 15 is 0 Å². The van der Waals surface area contributed by atoms with Gasteiger partial charge in [0.25, 0.3) is 0 Å². The van der Waals surface area contributed by atoms with Gasteiger partial charge in [0.1, 0.15) is 11.6 Å². The molecule has 1 aliphatic heterocycles. The Kier molecular flexibility index (Phi) is 9.50. The van der Waals surface area contributed by atoms with Gasteiger partial charge in [0.05, 0.1) is 42.1 Å². The molecule has 1 saturated heterocycles. The molecular weight excluding hydrogens is 634 g/mol. The molecule has 0 radical (unpaired) electrons. The average Bonchev–Trinajstić information content (AvgIpc) is 2.98. The van der Waals surface area contributed by atoms with Crippen molar-refractivity contribution in [2.24, 2.45) is 5.92 Å². The molecule has 6 nitrogen and oxygen atoms in total. The SMILES string of the molecule is CCC(C)C(=N)c1nc(-c2ccc(Cl)c(Cl)c2)c(-c2ccc(Cl)c(Cl)c2)c(N2CCN(c3ncccc3Cl)C[C@H]2C)n1. The summed E-state index contributed by atoms with van der Waals surface area (Å²) in [6.07, 6.45) is 2.54. The lowest BCUT2D eigenvalue weighted by molar-refractivity contribution is 0.542. The summed E-state index contributed by atoms with van der Waals surface area (Å²) in [5.74, 6) is 1.79. The molecule has 2 aromatic heterocycles. The molecule has 2 atom stereocenters. The normalized spacial score (nSPS) is 16.0. The highest BCUT2D eigenvalue weighted by molar-refractivity contribution is 6.42. The van der Waals surface area contributed by atoms with Crippen LogP contribution >= 0.6 is 58.0 Å². The lowest BCUT2D eigenvalue weighted by atomic mass is 9.96. The third-order valence-electron chi connectivity index (χ3n) is 7.58. The molecule has 11 heteroatoms. The molecular formula is C31H29Cl5N6. The van der Waals surface area contributed by atoms with Crippen LogP contribution in [0, 0.1) is 11.3 Å². The minimum Gasteiger partial charge on any atom is -0.352 e. The molecule has 1 fully saturated rings. The maximum Gasteiger partial charge on any atom is 0.176 e. The van der Waals surface area contributed by atoms with Gasteiger partial charge in [0, 0.05) is 43.4 Å². The van der Waals surface area contributed by atoms with Crippen molar-refractivity contribution in [2.75, 3.05) is 29.4 Å². The molecule has 1 aliphatic rings. The van der Waals surface area contributed by atoms with Crippen molar-refractivity contribution < 1.29 is 0 Å². The average molecular weight is 663 g/mol. The second kappa shape index (κ2) is 12.9.